The first-order valence-electron chi connectivity index (χ1n) is 13.8. The van der Waals surface area contributed by atoms with E-state index in [1.807, 2.05) is 13.8 Å². The van der Waals surface area contributed by atoms with E-state index in [-0.39, 0.29) is 12.6 Å². The van der Waals surface area contributed by atoms with Crippen molar-refractivity contribution in [2.75, 3.05) is 27.5 Å². The van der Waals surface area contributed by atoms with E-state index in [2.05, 4.69) is 10.6 Å². The van der Waals surface area contributed by atoms with Gasteiger partial charge in [-0.05, 0) is 61.2 Å². The van der Waals surface area contributed by atoms with Crippen LogP contribution in [-0.2, 0) is 23.2 Å². The van der Waals surface area contributed by atoms with Crippen LogP contribution in [0.2, 0.25) is 0 Å². The molecule has 0 bridgehead atoms. The van der Waals surface area contributed by atoms with Crippen molar-refractivity contribution in [1.29, 1.82) is 0 Å². The van der Waals surface area contributed by atoms with Crippen molar-refractivity contribution in [2.45, 2.75) is 58.9 Å². The van der Waals surface area contributed by atoms with Crippen molar-refractivity contribution >= 4 is 31.1 Å². The highest BCUT2D eigenvalue weighted by Crippen LogP contribution is 2.46. The average Bonchev–Trinajstić information content (AvgIpc) is 2.99. The summed E-state index contributed by atoms with van der Waals surface area (Å²) in [6.45, 7) is 5.94. The van der Waals surface area contributed by atoms with Gasteiger partial charge in [0.1, 0.15) is 5.75 Å². The normalized spacial score (nSPS) is 12.7. The summed E-state index contributed by atoms with van der Waals surface area (Å²) in [7, 11) is -0.951. The number of carbonyl (C=O) groups is 3. The second kappa shape index (κ2) is 16.9. The number of nitrogens with zero attached hydrogens (tertiary/aromatic N) is 1. The summed E-state index contributed by atoms with van der Waals surface area (Å²) in [6, 6.07) is 11.2. The highest BCUT2D eigenvalue weighted by atomic mass is 31.2. The lowest BCUT2D eigenvalue weighted by atomic mass is 9.90. The van der Waals surface area contributed by atoms with Crippen molar-refractivity contribution in [3.63, 3.8) is 0 Å². The Kier molecular flexibility index (Phi) is 14.0. The summed E-state index contributed by atoms with van der Waals surface area (Å²) < 4.78 is 29.0. The molecule has 0 aliphatic heterocycles. The molecule has 3 amide bonds. The van der Waals surface area contributed by atoms with E-state index in [4.69, 9.17) is 13.8 Å². The van der Waals surface area contributed by atoms with Gasteiger partial charge in [0.05, 0.1) is 30.5 Å². The number of hydrogen-bond acceptors (Lipinski definition) is 8. The van der Waals surface area contributed by atoms with Gasteiger partial charge in [0.15, 0.2) is 0 Å². The van der Waals surface area contributed by atoms with Crippen molar-refractivity contribution in [2.24, 2.45) is 5.92 Å². The van der Waals surface area contributed by atoms with Crippen LogP contribution in [0.4, 0.5) is 0 Å². The Labute approximate surface area is 242 Å². The van der Waals surface area contributed by atoms with E-state index in [9.17, 15) is 24.2 Å². The fourth-order valence-corrected chi connectivity index (χ4v) is 5.73. The number of hydroxylamine groups is 2. The van der Waals surface area contributed by atoms with Crippen LogP contribution in [0.25, 0.3) is 11.1 Å². The Morgan fingerprint density at radius 3 is 2.37 bits per heavy atom. The summed E-state index contributed by atoms with van der Waals surface area (Å²) >= 11 is 0. The van der Waals surface area contributed by atoms with Gasteiger partial charge in [-0.1, -0.05) is 45.2 Å². The van der Waals surface area contributed by atoms with Gasteiger partial charge in [-0.3, -0.25) is 24.2 Å². The van der Waals surface area contributed by atoms with E-state index >= 15 is 0 Å². The standard InChI is InChI=1S/C29H42N3O8P/c1-6-9-10-14-26(27(7-2)32(36)20-33)29(35)31-19-30-28(34)22-13-11-12-21(15-22)23-16-24(40-8-3)18-25(17-23)41(37,38-4)39-5/h11-13,15-18,20,26-27,36H,6-10,14,19H2,1-5H3,(H,30,34)(H,31,35)/t26-,27-/m1/s1. The third-order valence-corrected chi connectivity index (χ3v) is 8.61. The fourth-order valence-electron chi connectivity index (χ4n) is 4.57. The monoisotopic (exact) mass is 591 g/mol. The van der Waals surface area contributed by atoms with Crippen LogP contribution in [0.1, 0.15) is 63.2 Å². The van der Waals surface area contributed by atoms with Crippen LogP contribution in [0, 0.1) is 5.92 Å². The highest BCUT2D eigenvalue weighted by Gasteiger charge is 2.30. The zero-order valence-electron chi connectivity index (χ0n) is 24.4. The number of nitrogens with one attached hydrogen (secondary N) is 2. The Bertz CT molecular complexity index is 1200. The maximum Gasteiger partial charge on any atom is 0.360 e. The molecule has 0 saturated carbocycles. The first kappa shape index (κ1) is 34.0. The number of carbonyl (C=O) groups excluding carboxylic acids is 3. The minimum Gasteiger partial charge on any atom is -0.494 e. The number of ether oxygens (including phenoxy) is 1. The van der Waals surface area contributed by atoms with Gasteiger partial charge in [-0.2, -0.15) is 0 Å². The Morgan fingerprint density at radius 2 is 1.76 bits per heavy atom. The molecule has 0 fully saturated rings. The molecule has 2 rings (SSSR count). The molecule has 2 atom stereocenters. The summed E-state index contributed by atoms with van der Waals surface area (Å²) in [6.07, 6.45) is 3.86. The Hall–Kier alpha value is -3.24. The molecule has 0 unspecified atom stereocenters. The van der Waals surface area contributed by atoms with Gasteiger partial charge in [-0.15, -0.1) is 0 Å². The fraction of sp³-hybridized carbons (Fsp3) is 0.483. The molecule has 0 aromatic heterocycles. The molecule has 41 heavy (non-hydrogen) atoms. The molecular weight excluding hydrogens is 549 g/mol. The third kappa shape index (κ3) is 9.39. The van der Waals surface area contributed by atoms with Crippen LogP contribution >= 0.6 is 7.60 Å². The quantitative estimate of drug-likeness (QED) is 0.0575. The molecule has 3 N–H and O–H groups in total. The molecular formula is C29H42N3O8P. The second-order valence-electron chi connectivity index (χ2n) is 9.38. The molecule has 2 aromatic rings. The van der Waals surface area contributed by atoms with Crippen LogP contribution in [0.15, 0.2) is 42.5 Å². The van der Waals surface area contributed by atoms with Crippen molar-refractivity contribution in [3.05, 3.63) is 48.0 Å². The van der Waals surface area contributed by atoms with Crippen molar-refractivity contribution < 1.29 is 37.9 Å². The van der Waals surface area contributed by atoms with E-state index in [0.29, 0.717) is 58.7 Å². The Balaban J connectivity index is 2.19. The number of rotatable bonds is 18. The van der Waals surface area contributed by atoms with Crippen LogP contribution < -0.4 is 20.7 Å². The van der Waals surface area contributed by atoms with Crippen LogP contribution in [0.3, 0.4) is 0 Å². The van der Waals surface area contributed by atoms with Crippen LogP contribution in [0.5, 0.6) is 5.75 Å². The third-order valence-electron chi connectivity index (χ3n) is 6.75. The SMILES string of the molecule is CCCCC[C@@H](C(=O)NCNC(=O)c1cccc(-c2cc(OCC)cc(P(=O)(OC)OC)c2)c1)[C@@H](CC)N(O)C=O. The first-order chi connectivity index (χ1) is 19.7. The summed E-state index contributed by atoms with van der Waals surface area (Å²) in [5.74, 6) is -0.923. The zero-order chi connectivity index (χ0) is 30.4. The van der Waals surface area contributed by atoms with Gasteiger partial charge in [-0.25, -0.2) is 5.06 Å². The van der Waals surface area contributed by atoms with Gasteiger partial charge < -0.3 is 24.4 Å². The molecule has 12 heteroatoms. The molecule has 0 heterocycles. The molecule has 11 nitrogen and oxygen atoms in total. The molecule has 226 valence electrons. The van der Waals surface area contributed by atoms with Crippen molar-refractivity contribution in [3.8, 4) is 16.9 Å². The molecule has 0 spiro atoms. The van der Waals surface area contributed by atoms with Gasteiger partial charge in [0.25, 0.3) is 5.91 Å². The average molecular weight is 592 g/mol. The topological polar surface area (TPSA) is 144 Å². The molecule has 0 radical (unpaired) electrons. The first-order valence-corrected chi connectivity index (χ1v) is 15.3. The van der Waals surface area contributed by atoms with Crippen molar-refractivity contribution in [1.82, 2.24) is 15.7 Å². The minimum atomic E-state index is -3.56. The van der Waals surface area contributed by atoms with E-state index in [1.165, 1.54) is 14.2 Å². The number of unbranched alkanes of at least 4 members (excludes halogenated alkanes) is 2. The zero-order valence-corrected chi connectivity index (χ0v) is 25.3. The van der Waals surface area contributed by atoms with Gasteiger partial charge >= 0.3 is 7.60 Å². The summed E-state index contributed by atoms with van der Waals surface area (Å²) in [4.78, 5) is 37.1. The molecule has 2 aromatic carbocycles. The molecule has 0 aliphatic rings. The van der Waals surface area contributed by atoms with E-state index in [1.54, 1.807) is 49.4 Å². The minimum absolute atomic E-state index is 0.135. The lowest BCUT2D eigenvalue weighted by molar-refractivity contribution is -0.168. The summed E-state index contributed by atoms with van der Waals surface area (Å²) in [5.41, 5.74) is 1.66. The van der Waals surface area contributed by atoms with Gasteiger partial charge in [0.2, 0.25) is 12.3 Å². The maximum atomic E-state index is 13.0. The van der Waals surface area contributed by atoms with Crippen LogP contribution in [-0.4, -0.2) is 62.0 Å². The predicted octanol–water partition coefficient (Wildman–Crippen LogP) is 4.49. The number of hydrogen-bond donors (Lipinski definition) is 3. The highest BCUT2D eigenvalue weighted by molar-refractivity contribution is 7.62. The number of benzene rings is 2. The lowest BCUT2D eigenvalue weighted by Gasteiger charge is -2.29. The predicted molar refractivity (Wildman–Crippen MR) is 156 cm³/mol. The Morgan fingerprint density at radius 1 is 1.02 bits per heavy atom. The van der Waals surface area contributed by atoms with E-state index < -0.39 is 25.5 Å². The lowest BCUT2D eigenvalue weighted by Crippen LogP contribution is -2.47. The largest absolute Gasteiger partial charge is 0.494 e. The smallest absolute Gasteiger partial charge is 0.360 e. The summed E-state index contributed by atoms with van der Waals surface area (Å²) in [5, 5.41) is 16.3. The number of amides is 3. The molecule has 0 saturated heterocycles. The maximum absolute atomic E-state index is 13.0. The molecule has 0 aliphatic carbocycles. The van der Waals surface area contributed by atoms with Gasteiger partial charge in [0, 0.05) is 19.8 Å². The van der Waals surface area contributed by atoms with E-state index in [0.717, 1.165) is 19.3 Å². The second-order valence-corrected chi connectivity index (χ2v) is 11.6.